The van der Waals surface area contributed by atoms with E-state index in [1.165, 1.54) is 35.4 Å². The Bertz CT molecular complexity index is 485. The summed E-state index contributed by atoms with van der Waals surface area (Å²) >= 11 is 1.80. The van der Waals surface area contributed by atoms with Gasteiger partial charge in [-0.25, -0.2) is 0 Å². The van der Waals surface area contributed by atoms with Crippen LogP contribution in [-0.4, -0.2) is 23.4 Å². The van der Waals surface area contributed by atoms with Gasteiger partial charge in [0.2, 0.25) is 5.91 Å². The van der Waals surface area contributed by atoms with Gasteiger partial charge in [0.05, 0.1) is 6.54 Å². The van der Waals surface area contributed by atoms with Gasteiger partial charge in [-0.2, -0.15) is 0 Å². The zero-order chi connectivity index (χ0) is 14.1. The lowest BCUT2D eigenvalue weighted by molar-refractivity contribution is -0.130. The maximum absolute atomic E-state index is 12.3. The van der Waals surface area contributed by atoms with Gasteiger partial charge >= 0.3 is 0 Å². The average Bonchev–Trinajstić information content (AvgIpc) is 2.93. The van der Waals surface area contributed by atoms with Crippen molar-refractivity contribution in [1.29, 1.82) is 0 Å². The smallest absolute Gasteiger partial charge is 0.238 e. The summed E-state index contributed by atoms with van der Waals surface area (Å²) in [7, 11) is 0. The molecule has 1 aromatic heterocycles. The minimum atomic E-state index is 0.111. The molecule has 0 radical (unpaired) electrons. The second-order valence-electron chi connectivity index (χ2n) is 6.30. The summed E-state index contributed by atoms with van der Waals surface area (Å²) in [6.45, 7) is 4.96. The maximum atomic E-state index is 12.3. The molecular weight excluding hydrogens is 268 g/mol. The molecule has 0 spiro atoms. The average molecular weight is 292 g/mol. The van der Waals surface area contributed by atoms with Gasteiger partial charge in [0.15, 0.2) is 0 Å². The highest BCUT2D eigenvalue weighted by atomic mass is 32.1. The van der Waals surface area contributed by atoms with E-state index in [0.29, 0.717) is 12.6 Å². The van der Waals surface area contributed by atoms with Crippen molar-refractivity contribution in [2.45, 2.75) is 58.2 Å². The van der Waals surface area contributed by atoms with Gasteiger partial charge in [-0.1, -0.05) is 19.8 Å². The minimum absolute atomic E-state index is 0.111. The van der Waals surface area contributed by atoms with Crippen LogP contribution in [0.4, 0.5) is 0 Å². The highest BCUT2D eigenvalue weighted by Crippen LogP contribution is 2.34. The third-order valence-corrected chi connectivity index (χ3v) is 5.72. The van der Waals surface area contributed by atoms with Gasteiger partial charge in [-0.05, 0) is 44.2 Å². The standard InChI is InChI=1S/C16H24N2OS/c1-11-4-3-5-13(8-6-11)18-15(19)10-17-16(18)14-9-7-12(2)20-14/h7,9,11,13,16-17H,3-6,8,10H2,1-2H3. The molecule has 20 heavy (non-hydrogen) atoms. The van der Waals surface area contributed by atoms with E-state index in [1.807, 2.05) is 0 Å². The van der Waals surface area contributed by atoms with Crippen molar-refractivity contribution in [3.63, 3.8) is 0 Å². The number of amides is 1. The van der Waals surface area contributed by atoms with Crippen LogP contribution < -0.4 is 5.32 Å². The van der Waals surface area contributed by atoms with E-state index in [9.17, 15) is 4.79 Å². The number of carbonyl (C=O) groups excluding carboxylic acids is 1. The Morgan fingerprint density at radius 1 is 1.25 bits per heavy atom. The molecule has 3 rings (SSSR count). The molecule has 0 aromatic carbocycles. The summed E-state index contributed by atoms with van der Waals surface area (Å²) in [5.74, 6) is 1.09. The molecule has 4 heteroatoms. The molecule has 2 fully saturated rings. The van der Waals surface area contributed by atoms with Crippen molar-refractivity contribution in [2.24, 2.45) is 5.92 Å². The van der Waals surface area contributed by atoms with E-state index in [-0.39, 0.29) is 12.1 Å². The number of nitrogens with one attached hydrogen (secondary N) is 1. The number of nitrogens with zero attached hydrogens (tertiary/aromatic N) is 1. The molecule has 1 saturated carbocycles. The van der Waals surface area contributed by atoms with Gasteiger partial charge in [0.1, 0.15) is 6.17 Å². The SMILES string of the molecule is Cc1ccc(C2NCC(=O)N2C2CCCC(C)CC2)s1. The van der Waals surface area contributed by atoms with Crippen molar-refractivity contribution in [3.8, 4) is 0 Å². The molecule has 0 bridgehead atoms. The lowest BCUT2D eigenvalue weighted by atomic mass is 10.0. The molecule has 110 valence electrons. The number of hydrogen-bond acceptors (Lipinski definition) is 3. The second-order valence-corrected chi connectivity index (χ2v) is 7.62. The fourth-order valence-electron chi connectivity index (χ4n) is 3.52. The maximum Gasteiger partial charge on any atom is 0.238 e. The first kappa shape index (κ1) is 14.1. The van der Waals surface area contributed by atoms with E-state index >= 15 is 0 Å². The van der Waals surface area contributed by atoms with E-state index in [2.05, 4.69) is 36.2 Å². The van der Waals surface area contributed by atoms with Crippen LogP contribution in [-0.2, 0) is 4.79 Å². The molecule has 2 heterocycles. The van der Waals surface area contributed by atoms with Gasteiger partial charge < -0.3 is 4.90 Å². The van der Waals surface area contributed by atoms with Crippen LogP contribution in [0, 0.1) is 12.8 Å². The number of rotatable bonds is 2. The van der Waals surface area contributed by atoms with Gasteiger partial charge in [0, 0.05) is 15.8 Å². The van der Waals surface area contributed by atoms with Gasteiger partial charge in [0.25, 0.3) is 0 Å². The number of thiophene rings is 1. The molecule has 3 atom stereocenters. The Hall–Kier alpha value is -0.870. The third-order valence-electron chi connectivity index (χ3n) is 4.66. The topological polar surface area (TPSA) is 32.3 Å². The normalized spacial score (nSPS) is 31.6. The molecule has 1 aliphatic carbocycles. The van der Waals surface area contributed by atoms with Crippen LogP contribution in [0.3, 0.4) is 0 Å². The molecule has 1 N–H and O–H groups in total. The van der Waals surface area contributed by atoms with Crippen LogP contribution in [0.5, 0.6) is 0 Å². The van der Waals surface area contributed by atoms with Crippen LogP contribution in [0.1, 0.15) is 54.9 Å². The number of aryl methyl sites for hydroxylation is 1. The Kier molecular flexibility index (Phi) is 4.13. The first-order valence-electron chi connectivity index (χ1n) is 7.76. The molecule has 1 aliphatic heterocycles. The molecule has 1 aromatic rings. The van der Waals surface area contributed by atoms with Crippen molar-refractivity contribution >= 4 is 17.2 Å². The van der Waals surface area contributed by atoms with Crippen LogP contribution in [0.15, 0.2) is 12.1 Å². The summed E-state index contributed by atoms with van der Waals surface area (Å²) in [6.07, 6.45) is 6.26. The van der Waals surface area contributed by atoms with Crippen molar-refractivity contribution in [1.82, 2.24) is 10.2 Å². The monoisotopic (exact) mass is 292 g/mol. The Balaban J connectivity index is 1.79. The Morgan fingerprint density at radius 3 is 2.85 bits per heavy atom. The molecule has 1 amide bonds. The van der Waals surface area contributed by atoms with Gasteiger partial charge in [-0.15, -0.1) is 11.3 Å². The van der Waals surface area contributed by atoms with Gasteiger partial charge in [-0.3, -0.25) is 10.1 Å². The van der Waals surface area contributed by atoms with E-state index in [0.717, 1.165) is 12.3 Å². The summed E-state index contributed by atoms with van der Waals surface area (Å²) in [4.78, 5) is 17.1. The minimum Gasteiger partial charge on any atom is -0.318 e. The predicted molar refractivity (Wildman–Crippen MR) is 82.7 cm³/mol. The highest BCUT2D eigenvalue weighted by Gasteiger charge is 2.37. The van der Waals surface area contributed by atoms with Crippen molar-refractivity contribution in [3.05, 3.63) is 21.9 Å². The fraction of sp³-hybridized carbons (Fsp3) is 0.688. The molecule has 1 saturated heterocycles. The lowest BCUT2D eigenvalue weighted by Crippen LogP contribution is -2.39. The zero-order valence-electron chi connectivity index (χ0n) is 12.4. The van der Waals surface area contributed by atoms with E-state index in [1.54, 1.807) is 11.3 Å². The molecule has 3 unspecified atom stereocenters. The first-order chi connectivity index (χ1) is 9.65. The second kappa shape index (κ2) is 5.86. The third kappa shape index (κ3) is 2.77. The quantitative estimate of drug-likeness (QED) is 0.847. The van der Waals surface area contributed by atoms with Crippen LogP contribution in [0.2, 0.25) is 0 Å². The van der Waals surface area contributed by atoms with Crippen LogP contribution >= 0.6 is 11.3 Å². The number of carbonyl (C=O) groups is 1. The summed E-state index contributed by atoms with van der Waals surface area (Å²) in [5, 5.41) is 3.40. The molecule has 3 nitrogen and oxygen atoms in total. The predicted octanol–water partition coefficient (Wildman–Crippen LogP) is 3.46. The Morgan fingerprint density at radius 2 is 2.10 bits per heavy atom. The highest BCUT2D eigenvalue weighted by molar-refractivity contribution is 7.12. The molecular formula is C16H24N2OS. The summed E-state index contributed by atoms with van der Waals surface area (Å²) < 4.78 is 0. The van der Waals surface area contributed by atoms with E-state index in [4.69, 9.17) is 0 Å². The zero-order valence-corrected chi connectivity index (χ0v) is 13.2. The van der Waals surface area contributed by atoms with Crippen LogP contribution in [0.25, 0.3) is 0 Å². The first-order valence-corrected chi connectivity index (χ1v) is 8.57. The summed E-state index contributed by atoms with van der Waals surface area (Å²) in [5.41, 5.74) is 0. The van der Waals surface area contributed by atoms with Crippen molar-refractivity contribution in [2.75, 3.05) is 6.54 Å². The van der Waals surface area contributed by atoms with Crippen molar-refractivity contribution < 1.29 is 4.79 Å². The largest absolute Gasteiger partial charge is 0.318 e. The lowest BCUT2D eigenvalue weighted by Gasteiger charge is -2.32. The molecule has 2 aliphatic rings. The summed E-state index contributed by atoms with van der Waals surface area (Å²) in [6, 6.07) is 4.75. The fourth-order valence-corrected chi connectivity index (χ4v) is 4.47. The Labute approximate surface area is 125 Å². The number of hydrogen-bond donors (Lipinski definition) is 1. The van der Waals surface area contributed by atoms with E-state index < -0.39 is 0 Å².